The predicted molar refractivity (Wildman–Crippen MR) is 65.1 cm³/mol. The van der Waals surface area contributed by atoms with Crippen molar-refractivity contribution in [2.45, 2.75) is 33.2 Å². The lowest BCUT2D eigenvalue weighted by Gasteiger charge is -2.13. The van der Waals surface area contributed by atoms with Gasteiger partial charge in [0.05, 0.1) is 6.04 Å². The normalized spacial score (nSPS) is 11.9. The van der Waals surface area contributed by atoms with Gasteiger partial charge in [-0.3, -0.25) is 9.59 Å². The molecule has 0 aliphatic carbocycles. The van der Waals surface area contributed by atoms with E-state index in [1.807, 2.05) is 0 Å². The maximum atomic E-state index is 11.9. The fraction of sp³-hybridized carbons (Fsp3) is 0.385. The zero-order valence-electron chi connectivity index (χ0n) is 10.3. The van der Waals surface area contributed by atoms with Crippen molar-refractivity contribution in [1.82, 2.24) is 5.32 Å². The fourth-order valence-electron chi connectivity index (χ4n) is 1.53. The van der Waals surface area contributed by atoms with Crippen molar-refractivity contribution < 1.29 is 14.7 Å². The molecule has 0 radical (unpaired) electrons. The van der Waals surface area contributed by atoms with Gasteiger partial charge in [-0.15, -0.1) is 0 Å². The molecule has 1 atom stereocenters. The van der Waals surface area contributed by atoms with Crippen LogP contribution in [-0.4, -0.2) is 22.8 Å². The lowest BCUT2D eigenvalue weighted by atomic mass is 10.1. The molecule has 92 valence electrons. The molecule has 0 aromatic heterocycles. The van der Waals surface area contributed by atoms with Crippen LogP contribution in [0, 0.1) is 6.92 Å². The Hall–Kier alpha value is -1.84. The molecular weight excluding hydrogens is 218 g/mol. The quantitative estimate of drug-likeness (QED) is 0.836. The first-order chi connectivity index (χ1) is 7.97. The summed E-state index contributed by atoms with van der Waals surface area (Å²) in [6.07, 6.45) is 0.389. The van der Waals surface area contributed by atoms with E-state index < -0.39 is 6.04 Å². The molecule has 0 fully saturated rings. The SMILES string of the molecule is CCC(=O)C(C)NC(=O)c1cccc(O)c1C. The van der Waals surface area contributed by atoms with E-state index in [2.05, 4.69) is 5.32 Å². The van der Waals surface area contributed by atoms with E-state index in [4.69, 9.17) is 0 Å². The molecule has 1 unspecified atom stereocenters. The van der Waals surface area contributed by atoms with Crippen molar-refractivity contribution >= 4 is 11.7 Å². The number of benzene rings is 1. The Bertz CT molecular complexity index is 440. The first-order valence-corrected chi connectivity index (χ1v) is 5.59. The smallest absolute Gasteiger partial charge is 0.252 e. The second kappa shape index (κ2) is 5.48. The molecule has 0 aliphatic rings. The summed E-state index contributed by atoms with van der Waals surface area (Å²) in [4.78, 5) is 23.2. The second-order valence-corrected chi connectivity index (χ2v) is 3.96. The van der Waals surface area contributed by atoms with E-state index in [1.165, 1.54) is 6.07 Å². The number of hydrogen-bond acceptors (Lipinski definition) is 3. The van der Waals surface area contributed by atoms with Crippen molar-refractivity contribution in [3.05, 3.63) is 29.3 Å². The van der Waals surface area contributed by atoms with Crippen LogP contribution in [0.4, 0.5) is 0 Å². The first kappa shape index (κ1) is 13.2. The highest BCUT2D eigenvalue weighted by molar-refractivity contribution is 5.99. The van der Waals surface area contributed by atoms with Crippen molar-refractivity contribution in [3.63, 3.8) is 0 Å². The van der Waals surface area contributed by atoms with Crippen LogP contribution in [0.3, 0.4) is 0 Å². The van der Waals surface area contributed by atoms with Crippen LogP contribution in [0.2, 0.25) is 0 Å². The van der Waals surface area contributed by atoms with Gasteiger partial charge in [-0.1, -0.05) is 13.0 Å². The topological polar surface area (TPSA) is 66.4 Å². The third-order valence-corrected chi connectivity index (χ3v) is 2.73. The van der Waals surface area contributed by atoms with Gasteiger partial charge in [-0.2, -0.15) is 0 Å². The number of Topliss-reactive ketones (excluding diaryl/α,β-unsaturated/α-hetero) is 1. The number of carbonyl (C=O) groups is 2. The van der Waals surface area contributed by atoms with Crippen molar-refractivity contribution in [3.8, 4) is 5.75 Å². The number of hydrogen-bond donors (Lipinski definition) is 2. The zero-order valence-corrected chi connectivity index (χ0v) is 10.3. The minimum absolute atomic E-state index is 0.0174. The number of phenolic OH excluding ortho intramolecular Hbond substituents is 1. The number of rotatable bonds is 4. The zero-order chi connectivity index (χ0) is 13.0. The van der Waals surface area contributed by atoms with Crippen LogP contribution in [-0.2, 0) is 4.79 Å². The van der Waals surface area contributed by atoms with Crippen LogP contribution >= 0.6 is 0 Å². The van der Waals surface area contributed by atoms with Gasteiger partial charge in [-0.05, 0) is 26.0 Å². The lowest BCUT2D eigenvalue weighted by Crippen LogP contribution is -2.38. The Balaban J connectivity index is 2.84. The van der Waals surface area contributed by atoms with E-state index in [0.717, 1.165) is 0 Å². The Labute approximate surface area is 101 Å². The van der Waals surface area contributed by atoms with Crippen LogP contribution in [0.25, 0.3) is 0 Å². The Morgan fingerprint density at radius 2 is 2.06 bits per heavy atom. The van der Waals surface area contributed by atoms with Crippen molar-refractivity contribution in [2.75, 3.05) is 0 Å². The van der Waals surface area contributed by atoms with Crippen LogP contribution in [0.1, 0.15) is 36.2 Å². The molecule has 1 aromatic carbocycles. The fourth-order valence-corrected chi connectivity index (χ4v) is 1.53. The predicted octanol–water partition coefficient (Wildman–Crippen LogP) is 1.80. The van der Waals surface area contributed by atoms with Gasteiger partial charge in [0.25, 0.3) is 5.91 Å². The number of ketones is 1. The summed E-state index contributed by atoms with van der Waals surface area (Å²) in [5.41, 5.74) is 0.905. The maximum Gasteiger partial charge on any atom is 0.252 e. The molecule has 0 bridgehead atoms. The minimum Gasteiger partial charge on any atom is -0.508 e. The highest BCUT2D eigenvalue weighted by Gasteiger charge is 2.17. The molecule has 1 amide bonds. The first-order valence-electron chi connectivity index (χ1n) is 5.59. The molecule has 0 saturated carbocycles. The monoisotopic (exact) mass is 235 g/mol. The number of amides is 1. The van der Waals surface area contributed by atoms with Gasteiger partial charge in [0, 0.05) is 17.5 Å². The largest absolute Gasteiger partial charge is 0.508 e. The molecule has 0 aliphatic heterocycles. The van der Waals surface area contributed by atoms with Crippen molar-refractivity contribution in [1.29, 1.82) is 0 Å². The molecule has 0 spiro atoms. The number of aromatic hydroxyl groups is 1. The van der Waals surface area contributed by atoms with Gasteiger partial charge in [0.15, 0.2) is 5.78 Å². The summed E-state index contributed by atoms with van der Waals surface area (Å²) >= 11 is 0. The third kappa shape index (κ3) is 3.06. The highest BCUT2D eigenvalue weighted by atomic mass is 16.3. The summed E-state index contributed by atoms with van der Waals surface area (Å²) in [6, 6.07) is 4.23. The van der Waals surface area contributed by atoms with E-state index in [0.29, 0.717) is 17.5 Å². The Morgan fingerprint density at radius 3 is 2.65 bits per heavy atom. The third-order valence-electron chi connectivity index (χ3n) is 2.73. The summed E-state index contributed by atoms with van der Waals surface area (Å²) in [5.74, 6) is -0.282. The number of carbonyl (C=O) groups excluding carboxylic acids is 2. The van der Waals surface area contributed by atoms with Crippen LogP contribution in [0.5, 0.6) is 5.75 Å². The van der Waals surface area contributed by atoms with Gasteiger partial charge in [-0.25, -0.2) is 0 Å². The lowest BCUT2D eigenvalue weighted by molar-refractivity contribution is -0.120. The summed E-state index contributed by atoms with van der Waals surface area (Å²) in [6.45, 7) is 5.07. The molecule has 4 heteroatoms. The minimum atomic E-state index is -0.505. The van der Waals surface area contributed by atoms with E-state index in [1.54, 1.807) is 32.9 Å². The van der Waals surface area contributed by atoms with Crippen LogP contribution in [0.15, 0.2) is 18.2 Å². The molecule has 2 N–H and O–H groups in total. The Kier molecular flexibility index (Phi) is 4.26. The van der Waals surface area contributed by atoms with E-state index in [9.17, 15) is 14.7 Å². The number of phenols is 1. The average molecular weight is 235 g/mol. The molecule has 17 heavy (non-hydrogen) atoms. The molecule has 1 aromatic rings. The summed E-state index contributed by atoms with van der Waals surface area (Å²) in [5, 5.41) is 12.1. The van der Waals surface area contributed by atoms with Gasteiger partial charge in [0.1, 0.15) is 5.75 Å². The Morgan fingerprint density at radius 1 is 1.41 bits per heavy atom. The molecule has 0 saturated heterocycles. The summed E-state index contributed by atoms with van der Waals surface area (Å²) in [7, 11) is 0. The van der Waals surface area contributed by atoms with Crippen LogP contribution < -0.4 is 5.32 Å². The summed E-state index contributed by atoms with van der Waals surface area (Å²) < 4.78 is 0. The van der Waals surface area contributed by atoms with Gasteiger partial charge >= 0.3 is 0 Å². The molecule has 0 heterocycles. The highest BCUT2D eigenvalue weighted by Crippen LogP contribution is 2.19. The standard InChI is InChI=1S/C13H17NO3/c1-4-11(15)9(3)14-13(17)10-6-5-7-12(16)8(10)2/h5-7,9,16H,4H2,1-3H3,(H,14,17). The second-order valence-electron chi connectivity index (χ2n) is 3.96. The van der Waals surface area contributed by atoms with Crippen molar-refractivity contribution in [2.24, 2.45) is 0 Å². The number of nitrogens with one attached hydrogen (secondary N) is 1. The molecule has 4 nitrogen and oxygen atoms in total. The molecular formula is C13H17NO3. The maximum absolute atomic E-state index is 11.9. The molecule has 1 rings (SSSR count). The van der Waals surface area contributed by atoms with Gasteiger partial charge in [0.2, 0.25) is 0 Å². The average Bonchev–Trinajstić information content (AvgIpc) is 2.31. The van der Waals surface area contributed by atoms with Gasteiger partial charge < -0.3 is 10.4 Å². The van der Waals surface area contributed by atoms with E-state index in [-0.39, 0.29) is 17.4 Å². The van der Waals surface area contributed by atoms with E-state index >= 15 is 0 Å².